The van der Waals surface area contributed by atoms with Crippen molar-refractivity contribution in [2.24, 2.45) is 5.92 Å². The van der Waals surface area contributed by atoms with E-state index in [9.17, 15) is 0 Å². The number of nitrogens with one attached hydrogen (secondary N) is 1. The quantitative estimate of drug-likeness (QED) is 0.586. The van der Waals surface area contributed by atoms with Gasteiger partial charge in [0.1, 0.15) is 12.4 Å². The fraction of sp³-hybridized carbons (Fsp3) is 0.538. The lowest BCUT2D eigenvalue weighted by molar-refractivity contribution is 0.297. The van der Waals surface area contributed by atoms with Crippen molar-refractivity contribution < 1.29 is 4.74 Å². The maximum Gasteiger partial charge on any atom is 0.119 e. The molecule has 0 fully saturated rings. The standard InChI is InChI=1S/C13H19Br2NO/c1-10(9-14)11(2)16-7-8-17-13-5-3-12(15)4-6-13/h3-6,10-11,16H,7-9H2,1-2H3. The lowest BCUT2D eigenvalue weighted by Gasteiger charge is -2.19. The van der Waals surface area contributed by atoms with Crippen molar-refractivity contribution in [3.8, 4) is 5.75 Å². The molecule has 96 valence electrons. The molecule has 0 bridgehead atoms. The molecule has 0 aliphatic rings. The van der Waals surface area contributed by atoms with Crippen molar-refractivity contribution in [3.05, 3.63) is 28.7 Å². The number of halogens is 2. The summed E-state index contributed by atoms with van der Waals surface area (Å²) in [5.74, 6) is 1.54. The predicted molar refractivity (Wildman–Crippen MR) is 80.1 cm³/mol. The molecule has 0 saturated heterocycles. The number of hydrogen-bond acceptors (Lipinski definition) is 2. The molecule has 17 heavy (non-hydrogen) atoms. The molecule has 1 N–H and O–H groups in total. The van der Waals surface area contributed by atoms with Crippen molar-refractivity contribution in [1.29, 1.82) is 0 Å². The minimum absolute atomic E-state index is 0.503. The molecule has 4 heteroatoms. The molecule has 0 saturated carbocycles. The van der Waals surface area contributed by atoms with Crippen LogP contribution in [0, 0.1) is 5.92 Å². The van der Waals surface area contributed by atoms with Gasteiger partial charge in [0.15, 0.2) is 0 Å². The molecule has 0 amide bonds. The molecule has 0 aliphatic carbocycles. The molecular formula is C13H19Br2NO. The molecule has 2 nitrogen and oxygen atoms in total. The Morgan fingerprint density at radius 3 is 2.47 bits per heavy atom. The summed E-state index contributed by atoms with van der Waals surface area (Å²) >= 11 is 6.89. The Labute approximate surface area is 120 Å². The minimum Gasteiger partial charge on any atom is -0.492 e. The van der Waals surface area contributed by atoms with Crippen LogP contribution in [0.3, 0.4) is 0 Å². The van der Waals surface area contributed by atoms with Crippen LogP contribution >= 0.6 is 31.9 Å². The molecule has 2 unspecified atom stereocenters. The highest BCUT2D eigenvalue weighted by Crippen LogP contribution is 2.15. The maximum absolute atomic E-state index is 5.63. The van der Waals surface area contributed by atoms with E-state index in [-0.39, 0.29) is 0 Å². The van der Waals surface area contributed by atoms with Crippen molar-refractivity contribution in [3.63, 3.8) is 0 Å². The van der Waals surface area contributed by atoms with Gasteiger partial charge in [0.25, 0.3) is 0 Å². The molecule has 1 aromatic rings. The fourth-order valence-electron chi connectivity index (χ4n) is 1.32. The summed E-state index contributed by atoms with van der Waals surface area (Å²) < 4.78 is 6.70. The van der Waals surface area contributed by atoms with Crippen LogP contribution in [0.2, 0.25) is 0 Å². The van der Waals surface area contributed by atoms with Gasteiger partial charge < -0.3 is 10.1 Å². The number of alkyl halides is 1. The van der Waals surface area contributed by atoms with Gasteiger partial charge in [0.05, 0.1) is 0 Å². The molecule has 0 aliphatic heterocycles. The van der Waals surface area contributed by atoms with Gasteiger partial charge in [0.2, 0.25) is 0 Å². The van der Waals surface area contributed by atoms with Crippen LogP contribution in [0.1, 0.15) is 13.8 Å². The van der Waals surface area contributed by atoms with E-state index in [2.05, 4.69) is 51.0 Å². The summed E-state index contributed by atoms with van der Waals surface area (Å²) in [4.78, 5) is 0. The number of benzene rings is 1. The normalized spacial score (nSPS) is 14.4. The van der Waals surface area contributed by atoms with Crippen LogP contribution < -0.4 is 10.1 Å². The molecule has 0 radical (unpaired) electrons. The highest BCUT2D eigenvalue weighted by molar-refractivity contribution is 9.10. The third kappa shape index (κ3) is 5.89. The third-order valence-electron chi connectivity index (χ3n) is 2.75. The summed E-state index contributed by atoms with van der Waals surface area (Å²) in [5, 5.41) is 4.47. The van der Waals surface area contributed by atoms with E-state index in [0.29, 0.717) is 18.6 Å². The van der Waals surface area contributed by atoms with E-state index >= 15 is 0 Å². The first-order chi connectivity index (χ1) is 8.13. The third-order valence-corrected chi connectivity index (χ3v) is 4.30. The Morgan fingerprint density at radius 2 is 1.88 bits per heavy atom. The predicted octanol–water partition coefficient (Wildman–Crippen LogP) is 3.84. The van der Waals surface area contributed by atoms with E-state index in [0.717, 1.165) is 22.1 Å². The number of ether oxygens (including phenoxy) is 1. The summed E-state index contributed by atoms with van der Waals surface area (Å²) in [6.07, 6.45) is 0. The number of hydrogen-bond donors (Lipinski definition) is 1. The van der Waals surface area contributed by atoms with Crippen LogP contribution in [-0.4, -0.2) is 24.5 Å². The lowest BCUT2D eigenvalue weighted by atomic mass is 10.1. The van der Waals surface area contributed by atoms with E-state index in [4.69, 9.17) is 4.74 Å². The summed E-state index contributed by atoms with van der Waals surface area (Å²) in [6.45, 7) is 5.99. The molecule has 1 rings (SSSR count). The highest BCUT2D eigenvalue weighted by Gasteiger charge is 2.09. The van der Waals surface area contributed by atoms with Gasteiger partial charge in [0, 0.05) is 22.4 Å². The average molecular weight is 365 g/mol. The van der Waals surface area contributed by atoms with Gasteiger partial charge in [-0.3, -0.25) is 0 Å². The van der Waals surface area contributed by atoms with E-state index < -0.39 is 0 Å². The van der Waals surface area contributed by atoms with E-state index in [1.54, 1.807) is 0 Å². The topological polar surface area (TPSA) is 21.3 Å². The van der Waals surface area contributed by atoms with E-state index in [1.165, 1.54) is 0 Å². The Balaban J connectivity index is 2.18. The second-order valence-corrected chi connectivity index (χ2v) is 5.74. The fourth-order valence-corrected chi connectivity index (χ4v) is 2.15. The lowest BCUT2D eigenvalue weighted by Crippen LogP contribution is -2.35. The van der Waals surface area contributed by atoms with Gasteiger partial charge in [-0.2, -0.15) is 0 Å². The van der Waals surface area contributed by atoms with Gasteiger partial charge >= 0.3 is 0 Å². The van der Waals surface area contributed by atoms with Gasteiger partial charge in [-0.15, -0.1) is 0 Å². The number of rotatable bonds is 7. The van der Waals surface area contributed by atoms with Crippen molar-refractivity contribution in [2.45, 2.75) is 19.9 Å². The summed E-state index contributed by atoms with van der Waals surface area (Å²) in [7, 11) is 0. The Hall–Kier alpha value is -0.0600. The zero-order chi connectivity index (χ0) is 12.7. The SMILES string of the molecule is CC(CBr)C(C)NCCOc1ccc(Br)cc1. The van der Waals surface area contributed by atoms with Crippen molar-refractivity contribution in [2.75, 3.05) is 18.5 Å². The minimum atomic E-state index is 0.503. The second kappa shape index (κ2) is 8.11. The maximum atomic E-state index is 5.63. The van der Waals surface area contributed by atoms with E-state index in [1.807, 2.05) is 24.3 Å². The van der Waals surface area contributed by atoms with Gasteiger partial charge in [-0.25, -0.2) is 0 Å². The monoisotopic (exact) mass is 363 g/mol. The van der Waals surface area contributed by atoms with Crippen LogP contribution in [0.4, 0.5) is 0 Å². The zero-order valence-electron chi connectivity index (χ0n) is 10.2. The molecular weight excluding hydrogens is 346 g/mol. The Kier molecular flexibility index (Phi) is 7.16. The van der Waals surface area contributed by atoms with Crippen LogP contribution in [0.15, 0.2) is 28.7 Å². The Bertz CT molecular complexity index is 316. The van der Waals surface area contributed by atoms with Gasteiger partial charge in [-0.05, 0) is 37.1 Å². The van der Waals surface area contributed by atoms with Gasteiger partial charge in [-0.1, -0.05) is 38.8 Å². The Morgan fingerprint density at radius 1 is 1.24 bits per heavy atom. The molecule has 0 aromatic heterocycles. The summed E-state index contributed by atoms with van der Waals surface area (Å²) in [6, 6.07) is 8.41. The zero-order valence-corrected chi connectivity index (χ0v) is 13.4. The summed E-state index contributed by atoms with van der Waals surface area (Å²) in [5.41, 5.74) is 0. The van der Waals surface area contributed by atoms with Crippen LogP contribution in [0.5, 0.6) is 5.75 Å². The van der Waals surface area contributed by atoms with Crippen LogP contribution in [-0.2, 0) is 0 Å². The largest absolute Gasteiger partial charge is 0.492 e. The molecule has 2 atom stereocenters. The molecule has 0 spiro atoms. The van der Waals surface area contributed by atoms with Crippen molar-refractivity contribution >= 4 is 31.9 Å². The van der Waals surface area contributed by atoms with Crippen molar-refractivity contribution in [1.82, 2.24) is 5.32 Å². The highest BCUT2D eigenvalue weighted by atomic mass is 79.9. The van der Waals surface area contributed by atoms with Crippen LogP contribution in [0.25, 0.3) is 0 Å². The second-order valence-electron chi connectivity index (χ2n) is 4.18. The smallest absolute Gasteiger partial charge is 0.119 e. The average Bonchev–Trinajstić information content (AvgIpc) is 2.35. The first-order valence-electron chi connectivity index (χ1n) is 5.81. The molecule has 1 aromatic carbocycles. The first-order valence-corrected chi connectivity index (χ1v) is 7.72. The first kappa shape index (κ1) is 15.0. The molecule has 0 heterocycles.